The second-order valence-corrected chi connectivity index (χ2v) is 4.75. The van der Waals surface area contributed by atoms with Crippen LogP contribution in [0.15, 0.2) is 24.3 Å². The van der Waals surface area contributed by atoms with Gasteiger partial charge in [-0.1, -0.05) is 31.4 Å². The number of benzene rings is 1. The van der Waals surface area contributed by atoms with E-state index in [0.717, 1.165) is 12.3 Å². The minimum absolute atomic E-state index is 0.0203. The van der Waals surface area contributed by atoms with Gasteiger partial charge in [-0.05, 0) is 24.5 Å². The van der Waals surface area contributed by atoms with E-state index in [4.69, 9.17) is 10.00 Å². The van der Waals surface area contributed by atoms with Crippen molar-refractivity contribution >= 4 is 5.78 Å². The van der Waals surface area contributed by atoms with Gasteiger partial charge >= 0.3 is 0 Å². The molecule has 0 atom stereocenters. The van der Waals surface area contributed by atoms with Gasteiger partial charge < -0.3 is 4.74 Å². The van der Waals surface area contributed by atoms with Gasteiger partial charge in [0.15, 0.2) is 5.78 Å². The van der Waals surface area contributed by atoms with E-state index in [1.807, 2.05) is 6.07 Å². The standard InChI is InChI=1S/C15H17NO2/c16-10-13-4-6-14(7-5-13)15(17)11-18-9-8-12-2-1-3-12/h4-7,12H,1-3,8-9,11H2. The molecule has 2 rings (SSSR count). The Balaban J connectivity index is 1.71. The molecule has 1 aliphatic carbocycles. The third-order valence-corrected chi connectivity index (χ3v) is 3.46. The van der Waals surface area contributed by atoms with Crippen molar-refractivity contribution in [2.75, 3.05) is 13.2 Å². The first kappa shape index (κ1) is 12.8. The van der Waals surface area contributed by atoms with Crippen molar-refractivity contribution in [3.05, 3.63) is 35.4 Å². The molecule has 3 heteroatoms. The van der Waals surface area contributed by atoms with Crippen LogP contribution in [0.3, 0.4) is 0 Å². The monoisotopic (exact) mass is 243 g/mol. The third kappa shape index (κ3) is 3.41. The maximum absolute atomic E-state index is 11.8. The van der Waals surface area contributed by atoms with Crippen LogP contribution >= 0.6 is 0 Å². The largest absolute Gasteiger partial charge is 0.373 e. The lowest BCUT2D eigenvalue weighted by Gasteiger charge is -2.24. The Morgan fingerprint density at radius 3 is 2.61 bits per heavy atom. The van der Waals surface area contributed by atoms with Gasteiger partial charge in [-0.15, -0.1) is 0 Å². The number of Topliss-reactive ketones (excluding diaryl/α,β-unsaturated/α-hetero) is 1. The Morgan fingerprint density at radius 1 is 1.33 bits per heavy atom. The zero-order valence-corrected chi connectivity index (χ0v) is 10.4. The number of carbonyl (C=O) groups is 1. The number of ether oxygens (including phenoxy) is 1. The molecule has 0 amide bonds. The summed E-state index contributed by atoms with van der Waals surface area (Å²) < 4.78 is 5.40. The molecule has 18 heavy (non-hydrogen) atoms. The Morgan fingerprint density at radius 2 is 2.06 bits per heavy atom. The minimum Gasteiger partial charge on any atom is -0.373 e. The fraction of sp³-hybridized carbons (Fsp3) is 0.467. The number of rotatable bonds is 6. The highest BCUT2D eigenvalue weighted by molar-refractivity contribution is 5.97. The Labute approximate surface area is 107 Å². The number of nitrogens with zero attached hydrogens (tertiary/aromatic N) is 1. The van der Waals surface area contributed by atoms with E-state index >= 15 is 0 Å². The summed E-state index contributed by atoms with van der Waals surface area (Å²) in [5.41, 5.74) is 1.18. The van der Waals surface area contributed by atoms with Crippen molar-refractivity contribution in [1.29, 1.82) is 5.26 Å². The molecule has 1 saturated carbocycles. The molecule has 0 bridgehead atoms. The van der Waals surface area contributed by atoms with Crippen LogP contribution in [0, 0.1) is 17.2 Å². The van der Waals surface area contributed by atoms with Gasteiger partial charge in [0.05, 0.1) is 11.6 Å². The van der Waals surface area contributed by atoms with Crippen LogP contribution in [0.4, 0.5) is 0 Å². The summed E-state index contributed by atoms with van der Waals surface area (Å²) in [5.74, 6) is 0.795. The first-order chi connectivity index (χ1) is 8.79. The molecule has 0 aliphatic heterocycles. The maximum Gasteiger partial charge on any atom is 0.188 e. The highest BCUT2D eigenvalue weighted by atomic mass is 16.5. The Hall–Kier alpha value is -1.66. The maximum atomic E-state index is 11.8. The number of nitriles is 1. The molecule has 0 heterocycles. The zero-order valence-electron chi connectivity index (χ0n) is 10.4. The molecule has 0 saturated heterocycles. The highest BCUT2D eigenvalue weighted by Gasteiger charge is 2.16. The smallest absolute Gasteiger partial charge is 0.188 e. The summed E-state index contributed by atoms with van der Waals surface area (Å²) in [7, 11) is 0. The fourth-order valence-corrected chi connectivity index (χ4v) is 2.01. The van der Waals surface area contributed by atoms with Crippen molar-refractivity contribution in [3.8, 4) is 6.07 Å². The lowest BCUT2D eigenvalue weighted by atomic mass is 9.83. The van der Waals surface area contributed by atoms with Crippen molar-refractivity contribution < 1.29 is 9.53 Å². The third-order valence-electron chi connectivity index (χ3n) is 3.46. The molecule has 3 nitrogen and oxygen atoms in total. The quantitative estimate of drug-likeness (QED) is 0.570. The van der Waals surface area contributed by atoms with Crippen molar-refractivity contribution in [2.24, 2.45) is 5.92 Å². The SMILES string of the molecule is N#Cc1ccc(C(=O)COCCC2CCC2)cc1. The normalized spacial score (nSPS) is 14.8. The molecule has 94 valence electrons. The van der Waals surface area contributed by atoms with Crippen LogP contribution in [-0.2, 0) is 4.74 Å². The average molecular weight is 243 g/mol. The van der Waals surface area contributed by atoms with Crippen LogP contribution < -0.4 is 0 Å². The van der Waals surface area contributed by atoms with Crippen molar-refractivity contribution in [2.45, 2.75) is 25.7 Å². The lowest BCUT2D eigenvalue weighted by Crippen LogP contribution is -2.16. The van der Waals surface area contributed by atoms with Gasteiger partial charge in [0.2, 0.25) is 0 Å². The van der Waals surface area contributed by atoms with Gasteiger partial charge in [-0.25, -0.2) is 0 Å². The summed E-state index contributed by atoms with van der Waals surface area (Å²) in [4.78, 5) is 11.8. The summed E-state index contributed by atoms with van der Waals surface area (Å²) in [6, 6.07) is 8.69. The van der Waals surface area contributed by atoms with E-state index in [9.17, 15) is 4.79 Å². The van der Waals surface area contributed by atoms with E-state index in [2.05, 4.69) is 0 Å². The van der Waals surface area contributed by atoms with Crippen molar-refractivity contribution in [1.82, 2.24) is 0 Å². The molecule has 1 fully saturated rings. The zero-order chi connectivity index (χ0) is 12.8. The predicted molar refractivity (Wildman–Crippen MR) is 68.3 cm³/mol. The van der Waals surface area contributed by atoms with Crippen LogP contribution in [0.1, 0.15) is 41.6 Å². The van der Waals surface area contributed by atoms with Gasteiger partial charge in [-0.2, -0.15) is 5.26 Å². The Kier molecular flexibility index (Phi) is 4.49. The van der Waals surface area contributed by atoms with E-state index in [-0.39, 0.29) is 12.4 Å². The van der Waals surface area contributed by atoms with Gasteiger partial charge in [0.25, 0.3) is 0 Å². The number of hydrogen-bond acceptors (Lipinski definition) is 3. The van der Waals surface area contributed by atoms with Gasteiger partial charge in [0, 0.05) is 12.2 Å². The molecular formula is C15H17NO2. The summed E-state index contributed by atoms with van der Waals surface area (Å²) in [5, 5.41) is 8.66. The molecular weight excluding hydrogens is 226 g/mol. The highest BCUT2D eigenvalue weighted by Crippen LogP contribution is 2.29. The molecule has 0 aromatic heterocycles. The van der Waals surface area contributed by atoms with E-state index in [0.29, 0.717) is 17.7 Å². The minimum atomic E-state index is -0.0203. The van der Waals surface area contributed by atoms with Crippen LogP contribution in [0.25, 0.3) is 0 Å². The molecule has 1 aromatic carbocycles. The first-order valence-electron chi connectivity index (χ1n) is 6.40. The lowest BCUT2D eigenvalue weighted by molar-refractivity contribution is 0.0705. The predicted octanol–water partition coefficient (Wildman–Crippen LogP) is 2.95. The summed E-state index contributed by atoms with van der Waals surface area (Å²) in [6.45, 7) is 0.811. The molecule has 0 unspecified atom stereocenters. The van der Waals surface area contributed by atoms with Crippen LogP contribution in [-0.4, -0.2) is 19.0 Å². The second-order valence-electron chi connectivity index (χ2n) is 4.75. The van der Waals surface area contributed by atoms with Crippen molar-refractivity contribution in [3.63, 3.8) is 0 Å². The van der Waals surface area contributed by atoms with E-state index < -0.39 is 0 Å². The van der Waals surface area contributed by atoms with Crippen LogP contribution in [0.5, 0.6) is 0 Å². The molecule has 1 aliphatic rings. The summed E-state index contributed by atoms with van der Waals surface area (Å²) >= 11 is 0. The summed E-state index contributed by atoms with van der Waals surface area (Å²) in [6.07, 6.45) is 5.04. The van der Waals surface area contributed by atoms with Crippen LogP contribution in [0.2, 0.25) is 0 Å². The molecule has 0 N–H and O–H groups in total. The fourth-order valence-electron chi connectivity index (χ4n) is 2.01. The molecule has 0 radical (unpaired) electrons. The van der Waals surface area contributed by atoms with Gasteiger partial charge in [0.1, 0.15) is 6.61 Å². The number of carbonyl (C=O) groups excluding carboxylic acids is 1. The molecule has 1 aromatic rings. The second kappa shape index (κ2) is 6.32. The topological polar surface area (TPSA) is 50.1 Å². The molecule has 0 spiro atoms. The van der Waals surface area contributed by atoms with E-state index in [1.54, 1.807) is 24.3 Å². The van der Waals surface area contributed by atoms with E-state index in [1.165, 1.54) is 19.3 Å². The number of hydrogen-bond donors (Lipinski definition) is 0. The number of ketones is 1. The Bertz CT molecular complexity index is 441. The first-order valence-corrected chi connectivity index (χ1v) is 6.40. The van der Waals surface area contributed by atoms with Gasteiger partial charge in [-0.3, -0.25) is 4.79 Å². The average Bonchev–Trinajstić information content (AvgIpc) is 2.36.